The van der Waals surface area contributed by atoms with Crippen LogP contribution in [0.25, 0.3) is 0 Å². The van der Waals surface area contributed by atoms with E-state index in [1.807, 2.05) is 24.3 Å². The molecule has 0 spiro atoms. The normalized spacial score (nSPS) is 11.5. The largest absolute Gasteiger partial charge is 0.497 e. The van der Waals surface area contributed by atoms with E-state index >= 15 is 0 Å². The Morgan fingerprint density at radius 3 is 1.96 bits per heavy atom. The number of amides is 1. The summed E-state index contributed by atoms with van der Waals surface area (Å²) in [6.45, 7) is 2.29. The van der Waals surface area contributed by atoms with Crippen LogP contribution in [-0.4, -0.2) is 32.8 Å². The molecule has 2 aromatic rings. The van der Waals surface area contributed by atoms with Crippen LogP contribution in [0.3, 0.4) is 0 Å². The molecule has 1 atom stereocenters. The summed E-state index contributed by atoms with van der Waals surface area (Å²) in [6, 6.07) is 14.9. The number of ether oxygens (including phenoxy) is 3. The molecule has 2 rings (SSSR count). The number of methoxy groups -OCH3 is 2. The molecular formula is C19H23NO4. The lowest BCUT2D eigenvalue weighted by molar-refractivity contribution is -0.127. The zero-order valence-electron chi connectivity index (χ0n) is 14.2. The van der Waals surface area contributed by atoms with Gasteiger partial charge < -0.3 is 19.5 Å². The predicted octanol–water partition coefficient (Wildman–Crippen LogP) is 2.83. The predicted molar refractivity (Wildman–Crippen MR) is 92.8 cm³/mol. The molecule has 5 heteroatoms. The quantitative estimate of drug-likeness (QED) is 0.809. The van der Waals surface area contributed by atoms with Crippen LogP contribution in [0, 0.1) is 0 Å². The molecule has 1 amide bonds. The Morgan fingerprint density at radius 2 is 1.42 bits per heavy atom. The standard InChI is InChI=1S/C19H23NO4/c1-14(24-18-10-8-17(23-3)9-11-18)19(21)20-13-12-15-4-6-16(22-2)7-5-15/h4-11,14H,12-13H2,1-3H3,(H,20,21). The Kier molecular flexibility index (Phi) is 6.49. The lowest BCUT2D eigenvalue weighted by Gasteiger charge is -2.15. The SMILES string of the molecule is COc1ccc(CCNC(=O)C(C)Oc2ccc(OC)cc2)cc1. The fourth-order valence-electron chi connectivity index (χ4n) is 2.18. The molecule has 24 heavy (non-hydrogen) atoms. The van der Waals surface area contributed by atoms with Gasteiger partial charge in [-0.3, -0.25) is 4.79 Å². The minimum absolute atomic E-state index is 0.140. The Balaban J connectivity index is 1.76. The molecule has 0 aliphatic carbocycles. The van der Waals surface area contributed by atoms with Crippen molar-refractivity contribution < 1.29 is 19.0 Å². The van der Waals surface area contributed by atoms with Gasteiger partial charge in [0.05, 0.1) is 14.2 Å². The highest BCUT2D eigenvalue weighted by Gasteiger charge is 2.14. The van der Waals surface area contributed by atoms with Crippen molar-refractivity contribution in [3.05, 3.63) is 54.1 Å². The van der Waals surface area contributed by atoms with Crippen molar-refractivity contribution in [1.82, 2.24) is 5.32 Å². The molecule has 0 saturated carbocycles. The van der Waals surface area contributed by atoms with Crippen LogP contribution in [0.2, 0.25) is 0 Å². The first-order valence-electron chi connectivity index (χ1n) is 7.83. The van der Waals surface area contributed by atoms with Crippen molar-refractivity contribution in [3.8, 4) is 17.2 Å². The zero-order chi connectivity index (χ0) is 17.4. The third kappa shape index (κ3) is 5.19. The van der Waals surface area contributed by atoms with Crippen molar-refractivity contribution >= 4 is 5.91 Å². The van der Waals surface area contributed by atoms with Gasteiger partial charge in [-0.25, -0.2) is 0 Å². The van der Waals surface area contributed by atoms with E-state index in [4.69, 9.17) is 14.2 Å². The van der Waals surface area contributed by atoms with Gasteiger partial charge in [-0.15, -0.1) is 0 Å². The van der Waals surface area contributed by atoms with Crippen LogP contribution >= 0.6 is 0 Å². The van der Waals surface area contributed by atoms with Gasteiger partial charge in [-0.1, -0.05) is 12.1 Å². The summed E-state index contributed by atoms with van der Waals surface area (Å²) in [5.41, 5.74) is 1.14. The van der Waals surface area contributed by atoms with E-state index in [1.165, 1.54) is 0 Å². The van der Waals surface area contributed by atoms with Gasteiger partial charge in [0.25, 0.3) is 5.91 Å². The van der Waals surface area contributed by atoms with Crippen LogP contribution in [0.1, 0.15) is 12.5 Å². The maximum absolute atomic E-state index is 12.1. The average Bonchev–Trinajstić information content (AvgIpc) is 2.62. The molecule has 0 saturated heterocycles. The Bertz CT molecular complexity index is 637. The summed E-state index contributed by atoms with van der Waals surface area (Å²) in [7, 11) is 3.24. The number of carbonyl (C=O) groups is 1. The van der Waals surface area contributed by atoms with Crippen LogP contribution in [0.15, 0.2) is 48.5 Å². The second-order valence-electron chi connectivity index (χ2n) is 5.32. The van der Waals surface area contributed by atoms with Gasteiger partial charge in [0.2, 0.25) is 0 Å². The maximum Gasteiger partial charge on any atom is 0.260 e. The molecule has 0 aliphatic rings. The number of benzene rings is 2. The fraction of sp³-hybridized carbons (Fsp3) is 0.316. The topological polar surface area (TPSA) is 56.8 Å². The van der Waals surface area contributed by atoms with E-state index < -0.39 is 6.10 Å². The monoisotopic (exact) mass is 329 g/mol. The van der Waals surface area contributed by atoms with Gasteiger partial charge in [0, 0.05) is 6.54 Å². The van der Waals surface area contributed by atoms with E-state index in [-0.39, 0.29) is 5.91 Å². The zero-order valence-corrected chi connectivity index (χ0v) is 14.2. The Hall–Kier alpha value is -2.69. The van der Waals surface area contributed by atoms with Crippen molar-refractivity contribution in [3.63, 3.8) is 0 Å². The first kappa shape index (κ1) is 17.7. The van der Waals surface area contributed by atoms with E-state index in [0.717, 1.165) is 23.5 Å². The van der Waals surface area contributed by atoms with E-state index in [2.05, 4.69) is 5.32 Å². The molecule has 0 aromatic heterocycles. The van der Waals surface area contributed by atoms with Gasteiger partial charge in [0.1, 0.15) is 17.2 Å². The van der Waals surface area contributed by atoms with Crippen molar-refractivity contribution in [2.24, 2.45) is 0 Å². The molecular weight excluding hydrogens is 306 g/mol. The van der Waals surface area contributed by atoms with Gasteiger partial charge >= 0.3 is 0 Å². The Morgan fingerprint density at radius 1 is 0.917 bits per heavy atom. The molecule has 0 aliphatic heterocycles. The van der Waals surface area contributed by atoms with E-state index in [1.54, 1.807) is 45.4 Å². The lowest BCUT2D eigenvalue weighted by atomic mass is 10.1. The molecule has 2 aromatic carbocycles. The second kappa shape index (κ2) is 8.82. The highest BCUT2D eigenvalue weighted by atomic mass is 16.5. The van der Waals surface area contributed by atoms with Crippen molar-refractivity contribution in [2.75, 3.05) is 20.8 Å². The molecule has 0 radical (unpaired) electrons. The number of nitrogens with one attached hydrogen (secondary N) is 1. The maximum atomic E-state index is 12.1. The van der Waals surface area contributed by atoms with Gasteiger partial charge in [-0.2, -0.15) is 0 Å². The summed E-state index contributed by atoms with van der Waals surface area (Å²) >= 11 is 0. The molecule has 0 bridgehead atoms. The Labute approximate surface area is 142 Å². The molecule has 1 unspecified atom stereocenters. The summed E-state index contributed by atoms with van der Waals surface area (Å²) < 4.78 is 15.8. The number of hydrogen-bond acceptors (Lipinski definition) is 4. The fourth-order valence-corrected chi connectivity index (χ4v) is 2.18. The second-order valence-corrected chi connectivity index (χ2v) is 5.32. The molecule has 1 N–H and O–H groups in total. The van der Waals surface area contributed by atoms with Crippen LogP contribution in [-0.2, 0) is 11.2 Å². The summed E-state index contributed by atoms with van der Waals surface area (Å²) in [5, 5.41) is 2.88. The first-order valence-corrected chi connectivity index (χ1v) is 7.83. The first-order chi connectivity index (χ1) is 11.6. The van der Waals surface area contributed by atoms with E-state index in [0.29, 0.717) is 12.3 Å². The van der Waals surface area contributed by atoms with Crippen LogP contribution in [0.4, 0.5) is 0 Å². The molecule has 0 heterocycles. The number of rotatable bonds is 8. The van der Waals surface area contributed by atoms with Crippen LogP contribution < -0.4 is 19.5 Å². The minimum Gasteiger partial charge on any atom is -0.497 e. The molecule has 5 nitrogen and oxygen atoms in total. The number of hydrogen-bond donors (Lipinski definition) is 1. The summed E-state index contributed by atoms with van der Waals surface area (Å²) in [4.78, 5) is 12.1. The summed E-state index contributed by atoms with van der Waals surface area (Å²) in [5.74, 6) is 2.07. The highest BCUT2D eigenvalue weighted by Crippen LogP contribution is 2.18. The van der Waals surface area contributed by atoms with Crippen LogP contribution in [0.5, 0.6) is 17.2 Å². The average molecular weight is 329 g/mol. The van der Waals surface area contributed by atoms with Gasteiger partial charge in [-0.05, 0) is 55.3 Å². The third-order valence-electron chi connectivity index (χ3n) is 3.61. The smallest absolute Gasteiger partial charge is 0.260 e. The molecule has 0 fully saturated rings. The van der Waals surface area contributed by atoms with Gasteiger partial charge in [0.15, 0.2) is 6.10 Å². The van der Waals surface area contributed by atoms with Crippen molar-refractivity contribution in [1.29, 1.82) is 0 Å². The van der Waals surface area contributed by atoms with Crippen molar-refractivity contribution in [2.45, 2.75) is 19.4 Å². The van der Waals surface area contributed by atoms with E-state index in [9.17, 15) is 4.79 Å². The third-order valence-corrected chi connectivity index (χ3v) is 3.61. The minimum atomic E-state index is -0.561. The summed E-state index contributed by atoms with van der Waals surface area (Å²) in [6.07, 6.45) is 0.194. The lowest BCUT2D eigenvalue weighted by Crippen LogP contribution is -2.37. The number of carbonyl (C=O) groups excluding carboxylic acids is 1. The molecule has 128 valence electrons. The highest BCUT2D eigenvalue weighted by molar-refractivity contribution is 5.80.